The number of hydrogen-bond acceptors (Lipinski definition) is 5. The monoisotopic (exact) mass is 405 g/mol. The van der Waals surface area contributed by atoms with Crippen molar-refractivity contribution in [2.24, 2.45) is 0 Å². The van der Waals surface area contributed by atoms with Crippen LogP contribution in [0.1, 0.15) is 35.7 Å². The predicted octanol–water partition coefficient (Wildman–Crippen LogP) is 4.50. The molecule has 0 saturated carbocycles. The van der Waals surface area contributed by atoms with Gasteiger partial charge in [0.15, 0.2) is 18.1 Å². The summed E-state index contributed by atoms with van der Waals surface area (Å²) >= 11 is 6.08. The number of methoxy groups -OCH3 is 2. The standard InChI is InChI=1S/C21H24ClNO5/c1-4-5-6-14-7-9-16(10-8-14)23-19(24)13-28-21(25)15-11-17(22)20(27-3)18(12-15)26-2/h7-12H,4-6,13H2,1-3H3,(H,23,24). The number of hydrogen-bond donors (Lipinski definition) is 1. The molecule has 0 bridgehead atoms. The zero-order valence-corrected chi connectivity index (χ0v) is 17.0. The van der Waals surface area contributed by atoms with Crippen LogP contribution >= 0.6 is 11.6 Å². The predicted molar refractivity (Wildman–Crippen MR) is 109 cm³/mol. The van der Waals surface area contributed by atoms with Crippen molar-refractivity contribution in [3.63, 3.8) is 0 Å². The number of esters is 1. The van der Waals surface area contributed by atoms with E-state index in [0.29, 0.717) is 17.2 Å². The Kier molecular flexibility index (Phi) is 8.14. The molecule has 150 valence electrons. The Morgan fingerprint density at radius 2 is 1.79 bits per heavy atom. The maximum Gasteiger partial charge on any atom is 0.338 e. The van der Waals surface area contributed by atoms with Crippen molar-refractivity contribution in [2.45, 2.75) is 26.2 Å². The minimum atomic E-state index is -0.687. The lowest BCUT2D eigenvalue weighted by molar-refractivity contribution is -0.119. The number of ether oxygens (including phenoxy) is 3. The van der Waals surface area contributed by atoms with Gasteiger partial charge in [-0.25, -0.2) is 4.79 Å². The molecule has 0 unspecified atom stereocenters. The van der Waals surface area contributed by atoms with Crippen LogP contribution in [0.15, 0.2) is 36.4 Å². The summed E-state index contributed by atoms with van der Waals surface area (Å²) < 4.78 is 15.3. The van der Waals surface area contributed by atoms with E-state index in [1.54, 1.807) is 0 Å². The number of benzene rings is 2. The van der Waals surface area contributed by atoms with Crippen LogP contribution in [0.4, 0.5) is 5.69 Å². The summed E-state index contributed by atoms with van der Waals surface area (Å²) in [5.74, 6) is -0.496. The van der Waals surface area contributed by atoms with Gasteiger partial charge in [-0.3, -0.25) is 4.79 Å². The van der Waals surface area contributed by atoms with Gasteiger partial charge in [0, 0.05) is 5.69 Å². The average Bonchev–Trinajstić information content (AvgIpc) is 2.70. The first-order chi connectivity index (χ1) is 13.5. The molecule has 0 aromatic heterocycles. The fraction of sp³-hybridized carbons (Fsp3) is 0.333. The van der Waals surface area contributed by atoms with Gasteiger partial charge in [-0.1, -0.05) is 37.1 Å². The largest absolute Gasteiger partial charge is 0.493 e. The summed E-state index contributed by atoms with van der Waals surface area (Å²) in [6.45, 7) is 1.73. The molecule has 0 aliphatic heterocycles. The third kappa shape index (κ3) is 5.89. The normalized spacial score (nSPS) is 10.3. The van der Waals surface area contributed by atoms with Crippen LogP contribution in [0, 0.1) is 0 Å². The smallest absolute Gasteiger partial charge is 0.338 e. The van der Waals surface area contributed by atoms with Crippen LogP contribution in [-0.2, 0) is 16.0 Å². The van der Waals surface area contributed by atoms with Crippen molar-refractivity contribution >= 4 is 29.2 Å². The lowest BCUT2D eigenvalue weighted by Gasteiger charge is -2.11. The van der Waals surface area contributed by atoms with Gasteiger partial charge in [0.2, 0.25) is 0 Å². The first kappa shape index (κ1) is 21.6. The maximum atomic E-state index is 12.2. The molecule has 7 heteroatoms. The van der Waals surface area contributed by atoms with E-state index in [1.165, 1.54) is 31.9 Å². The van der Waals surface area contributed by atoms with Crippen LogP contribution in [0.3, 0.4) is 0 Å². The van der Waals surface area contributed by atoms with E-state index in [0.717, 1.165) is 19.3 Å². The van der Waals surface area contributed by atoms with Gasteiger partial charge in [-0.05, 0) is 42.7 Å². The van der Waals surface area contributed by atoms with Gasteiger partial charge in [-0.2, -0.15) is 0 Å². The van der Waals surface area contributed by atoms with E-state index in [-0.39, 0.29) is 10.6 Å². The van der Waals surface area contributed by atoms with Crippen LogP contribution in [0.25, 0.3) is 0 Å². The van der Waals surface area contributed by atoms with Crippen molar-refractivity contribution < 1.29 is 23.8 Å². The number of halogens is 1. The van der Waals surface area contributed by atoms with Crippen molar-refractivity contribution in [3.8, 4) is 11.5 Å². The molecule has 0 heterocycles. The van der Waals surface area contributed by atoms with Crippen LogP contribution < -0.4 is 14.8 Å². The first-order valence-electron chi connectivity index (χ1n) is 8.96. The zero-order chi connectivity index (χ0) is 20.5. The minimum absolute atomic E-state index is 0.163. The third-order valence-corrected chi connectivity index (χ3v) is 4.34. The SMILES string of the molecule is CCCCc1ccc(NC(=O)COC(=O)c2cc(Cl)c(OC)c(OC)c2)cc1. The van der Waals surface area contributed by atoms with E-state index < -0.39 is 18.5 Å². The summed E-state index contributed by atoms with van der Waals surface area (Å²) in [6, 6.07) is 10.5. The molecule has 1 amide bonds. The second kappa shape index (κ2) is 10.6. The molecule has 0 aliphatic rings. The van der Waals surface area contributed by atoms with Gasteiger partial charge < -0.3 is 19.5 Å². The highest BCUT2D eigenvalue weighted by Gasteiger charge is 2.17. The zero-order valence-electron chi connectivity index (χ0n) is 16.2. The second-order valence-corrected chi connectivity index (χ2v) is 6.53. The molecule has 28 heavy (non-hydrogen) atoms. The van der Waals surface area contributed by atoms with Gasteiger partial charge in [0.1, 0.15) is 0 Å². The van der Waals surface area contributed by atoms with Crippen LogP contribution in [0.5, 0.6) is 11.5 Å². The summed E-state index contributed by atoms with van der Waals surface area (Å²) in [5.41, 5.74) is 2.03. The van der Waals surface area contributed by atoms with Crippen molar-refractivity contribution in [1.29, 1.82) is 0 Å². The molecule has 0 saturated heterocycles. The summed E-state index contributed by atoms with van der Waals surface area (Å²) in [6.07, 6.45) is 3.27. The van der Waals surface area contributed by atoms with Crippen molar-refractivity contribution in [1.82, 2.24) is 0 Å². The Labute approximate surface area is 169 Å². The van der Waals surface area contributed by atoms with Crippen LogP contribution in [-0.4, -0.2) is 32.7 Å². The Morgan fingerprint density at radius 1 is 1.07 bits per heavy atom. The topological polar surface area (TPSA) is 73.9 Å². The highest BCUT2D eigenvalue weighted by molar-refractivity contribution is 6.32. The third-order valence-electron chi connectivity index (χ3n) is 4.06. The molecule has 6 nitrogen and oxygen atoms in total. The molecule has 2 aromatic carbocycles. The lowest BCUT2D eigenvalue weighted by Crippen LogP contribution is -2.21. The summed E-state index contributed by atoms with van der Waals surface area (Å²) in [4.78, 5) is 24.2. The van der Waals surface area contributed by atoms with E-state index in [4.69, 9.17) is 25.8 Å². The molecular weight excluding hydrogens is 382 g/mol. The number of carbonyl (C=O) groups is 2. The molecule has 0 spiro atoms. The number of anilines is 1. The van der Waals surface area contributed by atoms with E-state index >= 15 is 0 Å². The first-order valence-corrected chi connectivity index (χ1v) is 9.33. The van der Waals surface area contributed by atoms with Gasteiger partial charge in [-0.15, -0.1) is 0 Å². The number of nitrogens with one attached hydrogen (secondary N) is 1. The Balaban J connectivity index is 1.92. The lowest BCUT2D eigenvalue weighted by atomic mass is 10.1. The Bertz CT molecular complexity index is 820. The van der Waals surface area contributed by atoms with E-state index in [1.807, 2.05) is 24.3 Å². The molecule has 2 aromatic rings. The molecule has 0 atom stereocenters. The van der Waals surface area contributed by atoms with E-state index in [2.05, 4.69) is 12.2 Å². The molecule has 0 fully saturated rings. The van der Waals surface area contributed by atoms with E-state index in [9.17, 15) is 9.59 Å². The maximum absolute atomic E-state index is 12.2. The highest BCUT2D eigenvalue weighted by atomic mass is 35.5. The fourth-order valence-electron chi connectivity index (χ4n) is 2.58. The summed E-state index contributed by atoms with van der Waals surface area (Å²) in [7, 11) is 2.88. The van der Waals surface area contributed by atoms with Crippen LogP contribution in [0.2, 0.25) is 5.02 Å². The Hall–Kier alpha value is -2.73. The van der Waals surface area contributed by atoms with Gasteiger partial charge in [0.25, 0.3) is 5.91 Å². The number of rotatable bonds is 9. The highest BCUT2D eigenvalue weighted by Crippen LogP contribution is 2.36. The number of unbranched alkanes of at least 4 members (excludes halogenated alkanes) is 1. The fourth-order valence-corrected chi connectivity index (χ4v) is 2.87. The number of aryl methyl sites for hydroxylation is 1. The van der Waals surface area contributed by atoms with Crippen molar-refractivity contribution in [2.75, 3.05) is 26.1 Å². The molecule has 0 radical (unpaired) electrons. The molecule has 2 rings (SSSR count). The number of amides is 1. The number of carbonyl (C=O) groups excluding carboxylic acids is 2. The summed E-state index contributed by atoms with van der Waals surface area (Å²) in [5, 5.41) is 2.91. The second-order valence-electron chi connectivity index (χ2n) is 6.12. The Morgan fingerprint density at radius 3 is 2.39 bits per heavy atom. The minimum Gasteiger partial charge on any atom is -0.493 e. The average molecular weight is 406 g/mol. The molecular formula is C21H24ClNO5. The van der Waals surface area contributed by atoms with Crippen molar-refractivity contribution in [3.05, 3.63) is 52.5 Å². The van der Waals surface area contributed by atoms with Gasteiger partial charge >= 0.3 is 5.97 Å². The quantitative estimate of drug-likeness (QED) is 0.622. The molecule has 1 N–H and O–H groups in total. The van der Waals surface area contributed by atoms with Gasteiger partial charge in [0.05, 0.1) is 24.8 Å². The molecule has 0 aliphatic carbocycles.